The van der Waals surface area contributed by atoms with Gasteiger partial charge < -0.3 is 9.88 Å². The van der Waals surface area contributed by atoms with Gasteiger partial charge in [-0.1, -0.05) is 11.3 Å². The molecule has 130 valence electrons. The number of amides is 1. The van der Waals surface area contributed by atoms with Crippen molar-refractivity contribution in [2.45, 2.75) is 12.8 Å². The molecule has 0 aliphatic carbocycles. The fourth-order valence-corrected chi connectivity index (χ4v) is 4.74. The Morgan fingerprint density at radius 3 is 2.83 bits per heavy atom. The van der Waals surface area contributed by atoms with Crippen LogP contribution in [0.15, 0.2) is 23.0 Å². The molecule has 2 aromatic rings. The van der Waals surface area contributed by atoms with Gasteiger partial charge in [-0.3, -0.25) is 9.59 Å². The van der Waals surface area contributed by atoms with Crippen LogP contribution in [-0.4, -0.2) is 42.5 Å². The molecule has 1 fully saturated rings. The number of aromatic nitrogens is 1. The molecule has 1 aliphatic heterocycles. The van der Waals surface area contributed by atoms with Crippen LogP contribution in [-0.2, 0) is 21.9 Å². The van der Waals surface area contributed by atoms with Gasteiger partial charge in [0.2, 0.25) is 15.9 Å². The zero-order valence-electron chi connectivity index (χ0n) is 13.5. The van der Waals surface area contributed by atoms with Crippen LogP contribution in [0.5, 0.6) is 0 Å². The average molecular weight is 369 g/mol. The topological polar surface area (TPSA) is 88.5 Å². The van der Waals surface area contributed by atoms with Gasteiger partial charge in [-0.25, -0.2) is 12.7 Å². The molecule has 1 aromatic heterocycles. The number of aryl methyl sites for hydroxylation is 1. The highest BCUT2D eigenvalue weighted by atomic mass is 32.2. The number of hydrogen-bond donors (Lipinski definition) is 1. The lowest BCUT2D eigenvalue weighted by molar-refractivity contribution is -0.120. The second-order valence-corrected chi connectivity index (χ2v) is 9.03. The van der Waals surface area contributed by atoms with Crippen molar-refractivity contribution in [2.75, 3.05) is 24.7 Å². The molecule has 0 bridgehead atoms. The van der Waals surface area contributed by atoms with E-state index in [-0.39, 0.29) is 23.2 Å². The van der Waals surface area contributed by atoms with Crippen LogP contribution < -0.4 is 10.2 Å². The number of sulfonamides is 1. The van der Waals surface area contributed by atoms with Crippen LogP contribution in [0.4, 0.5) is 5.69 Å². The lowest BCUT2D eigenvalue weighted by atomic mass is 9.98. The summed E-state index contributed by atoms with van der Waals surface area (Å²) in [6.45, 7) is 0.679. The molecule has 0 unspecified atom stereocenters. The molecule has 0 radical (unpaired) electrons. The Balaban J connectivity index is 1.76. The maximum absolute atomic E-state index is 12.5. The van der Waals surface area contributed by atoms with Crippen LogP contribution in [0.2, 0.25) is 0 Å². The largest absolute Gasteiger partial charge is 0.326 e. The minimum atomic E-state index is -3.28. The molecule has 1 aliphatic rings. The average Bonchev–Trinajstić information content (AvgIpc) is 2.81. The molecule has 2 heterocycles. The van der Waals surface area contributed by atoms with Gasteiger partial charge in [0, 0.05) is 25.8 Å². The summed E-state index contributed by atoms with van der Waals surface area (Å²) in [7, 11) is -1.57. The van der Waals surface area contributed by atoms with Gasteiger partial charge in [0.25, 0.3) is 0 Å². The highest BCUT2D eigenvalue weighted by Crippen LogP contribution is 2.24. The molecule has 1 atom stereocenters. The predicted octanol–water partition coefficient (Wildman–Crippen LogP) is 1.21. The van der Waals surface area contributed by atoms with Crippen LogP contribution in [0.1, 0.15) is 12.8 Å². The van der Waals surface area contributed by atoms with Gasteiger partial charge in [0.15, 0.2) is 0 Å². The van der Waals surface area contributed by atoms with Crippen LogP contribution in [0.3, 0.4) is 0 Å². The summed E-state index contributed by atoms with van der Waals surface area (Å²) in [5.74, 6) is -0.551. The van der Waals surface area contributed by atoms with E-state index in [2.05, 4.69) is 5.32 Å². The first-order chi connectivity index (χ1) is 11.3. The lowest BCUT2D eigenvalue weighted by Crippen LogP contribution is -2.43. The molecule has 1 amide bonds. The first-order valence-electron chi connectivity index (χ1n) is 7.61. The Bertz CT molecular complexity index is 945. The summed E-state index contributed by atoms with van der Waals surface area (Å²) < 4.78 is 27.0. The third kappa shape index (κ3) is 3.38. The molecule has 7 nitrogen and oxygen atoms in total. The first kappa shape index (κ1) is 17.1. The Morgan fingerprint density at radius 2 is 2.12 bits per heavy atom. The summed E-state index contributed by atoms with van der Waals surface area (Å²) >= 11 is 1.13. The van der Waals surface area contributed by atoms with Crippen molar-refractivity contribution in [1.29, 1.82) is 0 Å². The van der Waals surface area contributed by atoms with E-state index in [1.807, 2.05) is 0 Å². The molecule has 0 saturated carbocycles. The normalized spacial score (nSPS) is 19.5. The molecule has 1 aromatic carbocycles. The van der Waals surface area contributed by atoms with Gasteiger partial charge in [0.1, 0.15) is 0 Å². The molecular formula is C15H19N3O4S2. The van der Waals surface area contributed by atoms with Crippen molar-refractivity contribution in [3.8, 4) is 0 Å². The molecule has 0 spiro atoms. The third-order valence-corrected chi connectivity index (χ3v) is 6.55. The van der Waals surface area contributed by atoms with E-state index in [4.69, 9.17) is 0 Å². The molecule has 3 rings (SSSR count). The number of piperidine rings is 1. The minimum absolute atomic E-state index is 0.0513. The molecular weight excluding hydrogens is 350 g/mol. The monoisotopic (exact) mass is 369 g/mol. The minimum Gasteiger partial charge on any atom is -0.326 e. The second-order valence-electron chi connectivity index (χ2n) is 6.06. The highest BCUT2D eigenvalue weighted by molar-refractivity contribution is 7.88. The fourth-order valence-electron chi connectivity index (χ4n) is 2.91. The van der Waals surface area contributed by atoms with Crippen molar-refractivity contribution in [3.05, 3.63) is 27.9 Å². The molecule has 24 heavy (non-hydrogen) atoms. The van der Waals surface area contributed by atoms with Crippen LogP contribution in [0.25, 0.3) is 10.2 Å². The van der Waals surface area contributed by atoms with E-state index >= 15 is 0 Å². The van der Waals surface area contributed by atoms with Gasteiger partial charge in [0.05, 0.1) is 22.4 Å². The Morgan fingerprint density at radius 1 is 1.38 bits per heavy atom. The summed E-state index contributed by atoms with van der Waals surface area (Å²) in [4.78, 5) is 24.1. The summed E-state index contributed by atoms with van der Waals surface area (Å²) in [6.07, 6.45) is 2.50. The zero-order chi connectivity index (χ0) is 17.5. The number of carbonyl (C=O) groups excluding carboxylic acids is 1. The van der Waals surface area contributed by atoms with E-state index in [0.717, 1.165) is 21.6 Å². The lowest BCUT2D eigenvalue weighted by Gasteiger charge is -2.30. The number of benzene rings is 1. The van der Waals surface area contributed by atoms with Gasteiger partial charge in [-0.15, -0.1) is 0 Å². The van der Waals surface area contributed by atoms with E-state index in [0.29, 0.717) is 25.1 Å². The third-order valence-electron chi connectivity index (χ3n) is 4.28. The van der Waals surface area contributed by atoms with Crippen LogP contribution in [0, 0.1) is 5.92 Å². The van der Waals surface area contributed by atoms with E-state index in [1.54, 1.807) is 29.8 Å². The SMILES string of the molecule is Cn1c(=O)sc2cc(NC(=O)[C@H]3CCCN(S(C)(=O)=O)C3)ccc21. The number of nitrogens with one attached hydrogen (secondary N) is 1. The quantitative estimate of drug-likeness (QED) is 0.881. The summed E-state index contributed by atoms with van der Waals surface area (Å²) in [6, 6.07) is 5.33. The van der Waals surface area contributed by atoms with E-state index in [1.165, 1.54) is 10.6 Å². The second kappa shape index (κ2) is 6.30. The number of nitrogens with zero attached hydrogens (tertiary/aromatic N) is 2. The Labute approximate surface area is 143 Å². The first-order valence-corrected chi connectivity index (χ1v) is 10.3. The van der Waals surface area contributed by atoms with E-state index in [9.17, 15) is 18.0 Å². The van der Waals surface area contributed by atoms with Crippen molar-refractivity contribution < 1.29 is 13.2 Å². The zero-order valence-corrected chi connectivity index (χ0v) is 15.1. The van der Waals surface area contributed by atoms with Gasteiger partial charge in [-0.05, 0) is 31.0 Å². The molecule has 1 N–H and O–H groups in total. The molecule has 9 heteroatoms. The van der Waals surface area contributed by atoms with Crippen molar-refractivity contribution in [2.24, 2.45) is 13.0 Å². The van der Waals surface area contributed by atoms with Gasteiger partial charge in [-0.2, -0.15) is 0 Å². The summed E-state index contributed by atoms with van der Waals surface area (Å²) in [5, 5.41) is 2.84. The van der Waals surface area contributed by atoms with Gasteiger partial charge >= 0.3 is 4.87 Å². The summed E-state index contributed by atoms with van der Waals surface area (Å²) in [5.41, 5.74) is 1.44. The van der Waals surface area contributed by atoms with Crippen molar-refractivity contribution >= 4 is 43.2 Å². The number of thiazole rings is 1. The number of carbonyl (C=O) groups is 1. The predicted molar refractivity (Wildman–Crippen MR) is 94.8 cm³/mol. The maximum Gasteiger partial charge on any atom is 0.307 e. The van der Waals surface area contributed by atoms with Crippen molar-refractivity contribution in [3.63, 3.8) is 0 Å². The number of fused-ring (bicyclic) bond motifs is 1. The smallest absolute Gasteiger partial charge is 0.307 e. The number of hydrogen-bond acceptors (Lipinski definition) is 5. The Kier molecular flexibility index (Phi) is 4.50. The van der Waals surface area contributed by atoms with E-state index < -0.39 is 10.0 Å². The number of anilines is 1. The van der Waals surface area contributed by atoms with Crippen LogP contribution >= 0.6 is 11.3 Å². The molecule has 1 saturated heterocycles. The van der Waals surface area contributed by atoms with Crippen molar-refractivity contribution in [1.82, 2.24) is 8.87 Å². The Hall–Kier alpha value is -1.71. The fraction of sp³-hybridized carbons (Fsp3) is 0.467. The highest BCUT2D eigenvalue weighted by Gasteiger charge is 2.30. The standard InChI is InChI=1S/C15H19N3O4S2/c1-17-12-6-5-11(8-13(12)23-15(17)20)16-14(19)10-4-3-7-18(9-10)24(2,21)22/h5-6,8,10H,3-4,7,9H2,1-2H3,(H,16,19)/t10-/m0/s1. The number of rotatable bonds is 3. The maximum atomic E-state index is 12.5.